The van der Waals surface area contributed by atoms with Crippen molar-refractivity contribution in [3.63, 3.8) is 0 Å². The third-order valence-corrected chi connectivity index (χ3v) is 2.24. The molecule has 0 aliphatic heterocycles. The number of benzene rings is 1. The molecule has 1 heterocycles. The standard InChI is InChI=1S/C11H13N3O/c1-12-9-5-3-4-8(10(9)15-2)11-13-6-7-14-11/h3-7,12H,1-2H3,(H,13,14). The highest BCUT2D eigenvalue weighted by atomic mass is 16.5. The van der Waals surface area contributed by atoms with Gasteiger partial charge in [0.2, 0.25) is 0 Å². The molecule has 0 unspecified atom stereocenters. The number of methoxy groups -OCH3 is 1. The van der Waals surface area contributed by atoms with Crippen LogP contribution in [-0.2, 0) is 0 Å². The lowest BCUT2D eigenvalue weighted by molar-refractivity contribution is 0.418. The van der Waals surface area contributed by atoms with E-state index in [0.717, 1.165) is 22.8 Å². The number of para-hydroxylation sites is 1. The molecular formula is C11H13N3O. The van der Waals surface area contributed by atoms with Gasteiger partial charge in [-0.05, 0) is 12.1 Å². The van der Waals surface area contributed by atoms with Crippen molar-refractivity contribution in [2.45, 2.75) is 0 Å². The molecule has 4 nitrogen and oxygen atoms in total. The van der Waals surface area contributed by atoms with E-state index in [1.165, 1.54) is 0 Å². The molecule has 4 heteroatoms. The molecule has 0 bridgehead atoms. The minimum absolute atomic E-state index is 0.801. The fraction of sp³-hybridized carbons (Fsp3) is 0.182. The van der Waals surface area contributed by atoms with Gasteiger partial charge in [0.1, 0.15) is 5.82 Å². The zero-order chi connectivity index (χ0) is 10.7. The number of nitrogens with zero attached hydrogens (tertiary/aromatic N) is 1. The van der Waals surface area contributed by atoms with Crippen molar-refractivity contribution in [2.24, 2.45) is 0 Å². The molecule has 2 N–H and O–H groups in total. The Kier molecular flexibility index (Phi) is 2.58. The molecule has 2 rings (SSSR count). The van der Waals surface area contributed by atoms with E-state index in [4.69, 9.17) is 4.74 Å². The van der Waals surface area contributed by atoms with Crippen LogP contribution in [0.5, 0.6) is 5.75 Å². The third kappa shape index (κ3) is 1.66. The number of aromatic amines is 1. The highest BCUT2D eigenvalue weighted by Gasteiger charge is 2.10. The molecule has 0 spiro atoms. The number of anilines is 1. The van der Waals surface area contributed by atoms with E-state index in [1.54, 1.807) is 19.5 Å². The largest absolute Gasteiger partial charge is 0.494 e. The number of rotatable bonds is 3. The van der Waals surface area contributed by atoms with Crippen LogP contribution in [0.2, 0.25) is 0 Å². The first kappa shape index (κ1) is 9.58. The van der Waals surface area contributed by atoms with Gasteiger partial charge < -0.3 is 15.0 Å². The Morgan fingerprint density at radius 2 is 2.27 bits per heavy atom. The van der Waals surface area contributed by atoms with Crippen LogP contribution in [0.25, 0.3) is 11.4 Å². The zero-order valence-electron chi connectivity index (χ0n) is 8.74. The summed E-state index contributed by atoms with van der Waals surface area (Å²) >= 11 is 0. The van der Waals surface area contributed by atoms with Gasteiger partial charge >= 0.3 is 0 Å². The second kappa shape index (κ2) is 4.04. The topological polar surface area (TPSA) is 49.9 Å². The molecule has 0 fully saturated rings. The van der Waals surface area contributed by atoms with Crippen molar-refractivity contribution in [1.29, 1.82) is 0 Å². The fourth-order valence-corrected chi connectivity index (χ4v) is 1.55. The van der Waals surface area contributed by atoms with Gasteiger partial charge in [0.05, 0.1) is 18.4 Å². The maximum Gasteiger partial charge on any atom is 0.152 e. The number of imidazole rings is 1. The quantitative estimate of drug-likeness (QED) is 0.803. The van der Waals surface area contributed by atoms with Crippen LogP contribution in [-0.4, -0.2) is 24.1 Å². The molecule has 0 aliphatic carbocycles. The number of hydrogen-bond acceptors (Lipinski definition) is 3. The molecular weight excluding hydrogens is 190 g/mol. The van der Waals surface area contributed by atoms with E-state index < -0.39 is 0 Å². The average molecular weight is 203 g/mol. The lowest BCUT2D eigenvalue weighted by atomic mass is 10.1. The van der Waals surface area contributed by atoms with Crippen molar-refractivity contribution in [2.75, 3.05) is 19.5 Å². The summed E-state index contributed by atoms with van der Waals surface area (Å²) in [5.74, 6) is 1.61. The van der Waals surface area contributed by atoms with E-state index >= 15 is 0 Å². The van der Waals surface area contributed by atoms with Crippen LogP contribution in [0.4, 0.5) is 5.69 Å². The smallest absolute Gasteiger partial charge is 0.152 e. The summed E-state index contributed by atoms with van der Waals surface area (Å²) in [5.41, 5.74) is 1.90. The van der Waals surface area contributed by atoms with E-state index in [0.29, 0.717) is 0 Å². The van der Waals surface area contributed by atoms with Gasteiger partial charge in [0.15, 0.2) is 5.75 Å². The Morgan fingerprint density at radius 1 is 1.40 bits per heavy atom. The summed E-state index contributed by atoms with van der Waals surface area (Å²) < 4.78 is 5.37. The molecule has 15 heavy (non-hydrogen) atoms. The maximum absolute atomic E-state index is 5.37. The van der Waals surface area contributed by atoms with E-state index in [9.17, 15) is 0 Å². The lowest BCUT2D eigenvalue weighted by Crippen LogP contribution is -1.96. The molecule has 0 saturated heterocycles. The van der Waals surface area contributed by atoms with Gasteiger partial charge in [-0.15, -0.1) is 0 Å². The van der Waals surface area contributed by atoms with Gasteiger partial charge in [-0.25, -0.2) is 4.98 Å². The minimum Gasteiger partial charge on any atom is -0.494 e. The Bertz CT molecular complexity index is 437. The lowest BCUT2D eigenvalue weighted by Gasteiger charge is -2.11. The minimum atomic E-state index is 0.801. The molecule has 0 radical (unpaired) electrons. The first-order valence-corrected chi connectivity index (χ1v) is 4.71. The average Bonchev–Trinajstić information content (AvgIpc) is 2.81. The molecule has 1 aromatic carbocycles. The summed E-state index contributed by atoms with van der Waals surface area (Å²) in [5, 5.41) is 3.08. The SMILES string of the molecule is CNc1cccc(-c2ncc[nH]2)c1OC. The second-order valence-corrected chi connectivity index (χ2v) is 3.07. The van der Waals surface area contributed by atoms with Crippen molar-refractivity contribution < 1.29 is 4.74 Å². The predicted octanol–water partition coefficient (Wildman–Crippen LogP) is 2.13. The third-order valence-electron chi connectivity index (χ3n) is 2.24. The van der Waals surface area contributed by atoms with Gasteiger partial charge in [-0.2, -0.15) is 0 Å². The molecule has 0 saturated carbocycles. The molecule has 78 valence electrons. The molecule has 2 aromatic rings. The normalized spacial score (nSPS) is 10.0. The first-order chi connectivity index (χ1) is 7.36. The van der Waals surface area contributed by atoms with E-state index in [-0.39, 0.29) is 0 Å². The summed E-state index contributed by atoms with van der Waals surface area (Å²) in [6.45, 7) is 0. The van der Waals surface area contributed by atoms with Crippen LogP contribution in [0.15, 0.2) is 30.6 Å². The van der Waals surface area contributed by atoms with Gasteiger partial charge in [0, 0.05) is 19.4 Å². The van der Waals surface area contributed by atoms with Gasteiger partial charge in [0.25, 0.3) is 0 Å². The second-order valence-electron chi connectivity index (χ2n) is 3.07. The molecule has 1 aromatic heterocycles. The molecule has 0 atom stereocenters. The highest BCUT2D eigenvalue weighted by Crippen LogP contribution is 2.34. The van der Waals surface area contributed by atoms with E-state index in [1.807, 2.05) is 25.2 Å². The van der Waals surface area contributed by atoms with Crippen molar-refractivity contribution >= 4 is 5.69 Å². The monoisotopic (exact) mass is 203 g/mol. The van der Waals surface area contributed by atoms with Gasteiger partial charge in [-0.3, -0.25) is 0 Å². The van der Waals surface area contributed by atoms with Crippen molar-refractivity contribution in [3.8, 4) is 17.1 Å². The van der Waals surface area contributed by atoms with Crippen LogP contribution in [0, 0.1) is 0 Å². The maximum atomic E-state index is 5.37. The fourth-order valence-electron chi connectivity index (χ4n) is 1.55. The Balaban J connectivity index is 2.56. The summed E-state index contributed by atoms with van der Waals surface area (Å²) in [6.07, 6.45) is 3.52. The Hall–Kier alpha value is -1.97. The molecule has 0 aliphatic rings. The number of nitrogens with one attached hydrogen (secondary N) is 2. The van der Waals surface area contributed by atoms with Crippen LogP contribution < -0.4 is 10.1 Å². The van der Waals surface area contributed by atoms with E-state index in [2.05, 4.69) is 15.3 Å². The highest BCUT2D eigenvalue weighted by molar-refractivity contribution is 5.74. The number of aromatic nitrogens is 2. The number of H-pyrrole nitrogens is 1. The summed E-state index contributed by atoms with van der Waals surface area (Å²) in [7, 11) is 3.52. The molecule has 0 amide bonds. The van der Waals surface area contributed by atoms with Gasteiger partial charge in [-0.1, -0.05) is 6.07 Å². The number of hydrogen-bond donors (Lipinski definition) is 2. The predicted molar refractivity (Wildman–Crippen MR) is 60.1 cm³/mol. The van der Waals surface area contributed by atoms with Crippen LogP contribution in [0.3, 0.4) is 0 Å². The summed E-state index contributed by atoms with van der Waals surface area (Å²) in [6, 6.07) is 5.90. The van der Waals surface area contributed by atoms with Crippen molar-refractivity contribution in [3.05, 3.63) is 30.6 Å². The zero-order valence-corrected chi connectivity index (χ0v) is 8.74. The van der Waals surface area contributed by atoms with Crippen LogP contribution >= 0.6 is 0 Å². The van der Waals surface area contributed by atoms with Crippen molar-refractivity contribution in [1.82, 2.24) is 9.97 Å². The number of ether oxygens (including phenoxy) is 1. The Morgan fingerprint density at radius 3 is 2.87 bits per heavy atom. The summed E-state index contributed by atoms with van der Waals surface area (Å²) in [4.78, 5) is 7.27. The Labute approximate surface area is 88.3 Å². The first-order valence-electron chi connectivity index (χ1n) is 4.71. The van der Waals surface area contributed by atoms with Crippen LogP contribution in [0.1, 0.15) is 0 Å².